The van der Waals surface area contributed by atoms with Crippen LogP contribution in [-0.4, -0.2) is 36.8 Å². The van der Waals surface area contributed by atoms with Crippen molar-refractivity contribution in [2.24, 2.45) is 10.9 Å². The standard InChI is InChI=1S/C13H18BrN3O2/c1-9-8-17(5-2-6-19-9)12-7-10(14)3-4-11(12)13(15)16-18/h3-4,7,9,18H,2,5-6,8H2,1H3,(H2,15,16). The summed E-state index contributed by atoms with van der Waals surface area (Å²) in [4.78, 5) is 2.22. The average Bonchev–Trinajstić information content (AvgIpc) is 2.62. The van der Waals surface area contributed by atoms with Crippen molar-refractivity contribution in [1.29, 1.82) is 0 Å². The minimum absolute atomic E-state index is 0.125. The van der Waals surface area contributed by atoms with Crippen molar-refractivity contribution < 1.29 is 9.94 Å². The van der Waals surface area contributed by atoms with Gasteiger partial charge in [-0.2, -0.15) is 0 Å². The number of halogens is 1. The number of oxime groups is 1. The lowest BCUT2D eigenvalue weighted by atomic mass is 10.1. The zero-order valence-electron chi connectivity index (χ0n) is 10.8. The third kappa shape index (κ3) is 3.39. The van der Waals surface area contributed by atoms with Gasteiger partial charge in [0, 0.05) is 35.4 Å². The molecule has 0 aromatic heterocycles. The van der Waals surface area contributed by atoms with E-state index in [-0.39, 0.29) is 11.9 Å². The van der Waals surface area contributed by atoms with Gasteiger partial charge in [-0.25, -0.2) is 0 Å². The van der Waals surface area contributed by atoms with Crippen LogP contribution < -0.4 is 10.6 Å². The number of hydrogen-bond donors (Lipinski definition) is 2. The highest BCUT2D eigenvalue weighted by molar-refractivity contribution is 9.10. The summed E-state index contributed by atoms with van der Waals surface area (Å²) in [5, 5.41) is 12.0. The summed E-state index contributed by atoms with van der Waals surface area (Å²) >= 11 is 3.47. The van der Waals surface area contributed by atoms with Gasteiger partial charge in [0.05, 0.1) is 6.10 Å². The van der Waals surface area contributed by atoms with Gasteiger partial charge in [-0.3, -0.25) is 0 Å². The van der Waals surface area contributed by atoms with Crippen LogP contribution in [0.4, 0.5) is 5.69 Å². The van der Waals surface area contributed by atoms with Crippen LogP contribution in [0.5, 0.6) is 0 Å². The fourth-order valence-corrected chi connectivity index (χ4v) is 2.60. The number of ether oxygens (including phenoxy) is 1. The van der Waals surface area contributed by atoms with E-state index in [1.165, 1.54) is 0 Å². The second kappa shape index (κ2) is 6.25. The van der Waals surface area contributed by atoms with E-state index in [1.807, 2.05) is 18.2 Å². The van der Waals surface area contributed by atoms with E-state index in [2.05, 4.69) is 32.9 Å². The monoisotopic (exact) mass is 327 g/mol. The summed E-state index contributed by atoms with van der Waals surface area (Å²) < 4.78 is 6.61. The van der Waals surface area contributed by atoms with Crippen molar-refractivity contribution in [2.45, 2.75) is 19.4 Å². The highest BCUT2D eigenvalue weighted by Gasteiger charge is 2.19. The molecule has 0 saturated carbocycles. The van der Waals surface area contributed by atoms with Crippen LogP contribution in [0.1, 0.15) is 18.9 Å². The maximum atomic E-state index is 8.90. The quantitative estimate of drug-likeness (QED) is 0.378. The molecular formula is C13H18BrN3O2. The predicted molar refractivity (Wildman–Crippen MR) is 78.9 cm³/mol. The molecule has 104 valence electrons. The molecule has 3 N–H and O–H groups in total. The lowest BCUT2D eigenvalue weighted by molar-refractivity contribution is 0.0821. The molecule has 5 nitrogen and oxygen atoms in total. The number of hydrogen-bond acceptors (Lipinski definition) is 4. The van der Waals surface area contributed by atoms with Gasteiger partial charge < -0.3 is 20.6 Å². The zero-order chi connectivity index (χ0) is 13.8. The molecule has 1 atom stereocenters. The second-order valence-electron chi connectivity index (χ2n) is 4.63. The van der Waals surface area contributed by atoms with Crippen molar-refractivity contribution in [3.8, 4) is 0 Å². The van der Waals surface area contributed by atoms with Gasteiger partial charge in [0.15, 0.2) is 5.84 Å². The number of rotatable bonds is 2. The number of amidine groups is 1. The molecule has 2 rings (SSSR count). The Hall–Kier alpha value is -1.27. The summed E-state index contributed by atoms with van der Waals surface area (Å²) in [6, 6.07) is 5.73. The fourth-order valence-electron chi connectivity index (χ4n) is 2.25. The highest BCUT2D eigenvalue weighted by Crippen LogP contribution is 2.26. The molecule has 6 heteroatoms. The van der Waals surface area contributed by atoms with E-state index < -0.39 is 0 Å². The maximum Gasteiger partial charge on any atom is 0.172 e. The summed E-state index contributed by atoms with van der Waals surface area (Å²) in [7, 11) is 0. The van der Waals surface area contributed by atoms with Crippen LogP contribution in [0.25, 0.3) is 0 Å². The SMILES string of the molecule is CC1CN(c2cc(Br)ccc2/C(N)=N/O)CCCO1. The first-order valence-corrected chi connectivity index (χ1v) is 7.05. The van der Waals surface area contributed by atoms with Crippen LogP contribution in [0.3, 0.4) is 0 Å². The Morgan fingerprint density at radius 2 is 2.37 bits per heavy atom. The van der Waals surface area contributed by atoms with Crippen LogP contribution >= 0.6 is 15.9 Å². The molecule has 0 amide bonds. The second-order valence-corrected chi connectivity index (χ2v) is 5.54. The first-order chi connectivity index (χ1) is 9.11. The Kier molecular flexibility index (Phi) is 4.66. The minimum atomic E-state index is 0.125. The molecule has 1 aromatic carbocycles. The lowest BCUT2D eigenvalue weighted by Crippen LogP contribution is -2.32. The fraction of sp³-hybridized carbons (Fsp3) is 0.462. The minimum Gasteiger partial charge on any atom is -0.409 e. The van der Waals surface area contributed by atoms with Crippen molar-refractivity contribution in [2.75, 3.05) is 24.6 Å². The number of nitrogens with zero attached hydrogens (tertiary/aromatic N) is 2. The first-order valence-electron chi connectivity index (χ1n) is 6.26. The summed E-state index contributed by atoms with van der Waals surface area (Å²) in [5.41, 5.74) is 7.45. The third-order valence-electron chi connectivity index (χ3n) is 3.14. The predicted octanol–water partition coefficient (Wildman–Crippen LogP) is 2.16. The van der Waals surface area contributed by atoms with Gasteiger partial charge in [0.1, 0.15) is 0 Å². The van der Waals surface area contributed by atoms with Crippen molar-refractivity contribution in [1.82, 2.24) is 0 Å². The van der Waals surface area contributed by atoms with Gasteiger partial charge >= 0.3 is 0 Å². The van der Waals surface area contributed by atoms with E-state index in [0.717, 1.165) is 41.8 Å². The number of benzene rings is 1. The Balaban J connectivity index is 2.38. The van der Waals surface area contributed by atoms with Gasteiger partial charge in [0.2, 0.25) is 0 Å². The summed E-state index contributed by atoms with van der Waals surface area (Å²) in [6.07, 6.45) is 1.13. The molecule has 1 aliphatic rings. The topological polar surface area (TPSA) is 71.1 Å². The van der Waals surface area contributed by atoms with Crippen LogP contribution in [0.15, 0.2) is 27.8 Å². The molecule has 1 aromatic rings. The third-order valence-corrected chi connectivity index (χ3v) is 3.63. The Morgan fingerprint density at radius 3 is 3.11 bits per heavy atom. The molecule has 1 aliphatic heterocycles. The van der Waals surface area contributed by atoms with Crippen LogP contribution in [0, 0.1) is 0 Å². The lowest BCUT2D eigenvalue weighted by Gasteiger charge is -2.26. The van der Waals surface area contributed by atoms with Crippen molar-refractivity contribution in [3.05, 3.63) is 28.2 Å². The Labute approximate surface area is 121 Å². The molecule has 1 fully saturated rings. The zero-order valence-corrected chi connectivity index (χ0v) is 12.4. The molecule has 1 saturated heterocycles. The largest absolute Gasteiger partial charge is 0.409 e. The molecular weight excluding hydrogens is 310 g/mol. The Morgan fingerprint density at radius 1 is 1.58 bits per heavy atom. The molecule has 0 radical (unpaired) electrons. The smallest absolute Gasteiger partial charge is 0.172 e. The molecule has 0 bridgehead atoms. The van der Waals surface area contributed by atoms with E-state index in [4.69, 9.17) is 15.7 Å². The summed E-state index contributed by atoms with van der Waals surface area (Å²) in [5.74, 6) is 0.125. The van der Waals surface area contributed by atoms with Gasteiger partial charge in [-0.05, 0) is 31.5 Å². The van der Waals surface area contributed by atoms with Crippen LogP contribution in [-0.2, 0) is 4.74 Å². The van der Waals surface area contributed by atoms with E-state index >= 15 is 0 Å². The summed E-state index contributed by atoms with van der Waals surface area (Å²) in [6.45, 7) is 4.51. The number of nitrogens with two attached hydrogens (primary N) is 1. The van der Waals surface area contributed by atoms with Gasteiger partial charge in [0.25, 0.3) is 0 Å². The van der Waals surface area contributed by atoms with E-state index in [1.54, 1.807) is 0 Å². The van der Waals surface area contributed by atoms with E-state index in [0.29, 0.717) is 0 Å². The molecule has 0 aliphatic carbocycles. The number of anilines is 1. The molecule has 1 unspecified atom stereocenters. The Bertz CT molecular complexity index is 479. The first kappa shape index (κ1) is 14.1. The highest BCUT2D eigenvalue weighted by atomic mass is 79.9. The van der Waals surface area contributed by atoms with Crippen molar-refractivity contribution in [3.63, 3.8) is 0 Å². The average molecular weight is 328 g/mol. The molecule has 1 heterocycles. The van der Waals surface area contributed by atoms with Crippen molar-refractivity contribution >= 4 is 27.5 Å². The van der Waals surface area contributed by atoms with Gasteiger partial charge in [-0.1, -0.05) is 21.1 Å². The normalized spacial score (nSPS) is 21.3. The molecule has 19 heavy (non-hydrogen) atoms. The van der Waals surface area contributed by atoms with Gasteiger partial charge in [-0.15, -0.1) is 0 Å². The maximum absolute atomic E-state index is 8.90. The van der Waals surface area contributed by atoms with Crippen LogP contribution in [0.2, 0.25) is 0 Å². The molecule has 0 spiro atoms. The van der Waals surface area contributed by atoms with E-state index in [9.17, 15) is 0 Å².